The first-order valence-electron chi connectivity index (χ1n) is 10.9. The fraction of sp³-hybridized carbons (Fsp3) is 0.360. The average molecular weight is 454 g/mol. The van der Waals surface area contributed by atoms with Crippen molar-refractivity contribution in [3.8, 4) is 11.5 Å². The molecule has 1 atom stereocenters. The number of carbonyl (C=O) groups is 1. The summed E-state index contributed by atoms with van der Waals surface area (Å²) < 4.78 is 30.1. The molecule has 4 rings (SSSR count). The van der Waals surface area contributed by atoms with Crippen molar-refractivity contribution in [3.63, 3.8) is 0 Å². The number of aromatic nitrogens is 1. The molecule has 0 aliphatic carbocycles. The van der Waals surface area contributed by atoms with E-state index in [2.05, 4.69) is 15.2 Å². The van der Waals surface area contributed by atoms with Crippen LogP contribution < -0.4 is 14.8 Å². The van der Waals surface area contributed by atoms with Crippen molar-refractivity contribution in [1.29, 1.82) is 0 Å². The zero-order valence-corrected chi connectivity index (χ0v) is 19.1. The van der Waals surface area contributed by atoms with Gasteiger partial charge in [0.15, 0.2) is 11.5 Å². The molecule has 2 aromatic carbocycles. The molecular formula is C25H28FN3O4. The lowest BCUT2D eigenvalue weighted by Crippen LogP contribution is -2.43. The molecule has 1 saturated heterocycles. The van der Waals surface area contributed by atoms with E-state index in [9.17, 15) is 9.18 Å². The fourth-order valence-electron chi connectivity index (χ4n) is 4.21. The quantitative estimate of drug-likeness (QED) is 0.590. The number of benzene rings is 2. The summed E-state index contributed by atoms with van der Waals surface area (Å²) in [6.07, 6.45) is 0. The lowest BCUT2D eigenvalue weighted by Gasteiger charge is -2.35. The summed E-state index contributed by atoms with van der Waals surface area (Å²) in [5.74, 6) is 0.679. The van der Waals surface area contributed by atoms with Gasteiger partial charge in [-0.1, -0.05) is 6.07 Å². The van der Waals surface area contributed by atoms with Gasteiger partial charge in [-0.3, -0.25) is 14.7 Å². The molecule has 3 aromatic rings. The Morgan fingerprint density at radius 3 is 2.61 bits per heavy atom. The van der Waals surface area contributed by atoms with Gasteiger partial charge < -0.3 is 19.5 Å². The highest BCUT2D eigenvalue weighted by atomic mass is 19.1. The highest BCUT2D eigenvalue weighted by Gasteiger charge is 2.25. The van der Waals surface area contributed by atoms with Crippen LogP contribution in [0.5, 0.6) is 11.5 Å². The Balaban J connectivity index is 1.61. The first-order chi connectivity index (χ1) is 16.0. The lowest BCUT2D eigenvalue weighted by atomic mass is 10.0. The van der Waals surface area contributed by atoms with Crippen LogP contribution in [0.4, 0.5) is 4.39 Å². The molecule has 1 aliphatic heterocycles. The zero-order valence-electron chi connectivity index (χ0n) is 19.1. The van der Waals surface area contributed by atoms with Gasteiger partial charge in [0.1, 0.15) is 5.82 Å². The van der Waals surface area contributed by atoms with E-state index in [4.69, 9.17) is 14.2 Å². The van der Waals surface area contributed by atoms with Crippen LogP contribution in [0.25, 0.3) is 10.9 Å². The predicted octanol–water partition coefficient (Wildman–Crippen LogP) is 3.50. The van der Waals surface area contributed by atoms with Crippen molar-refractivity contribution in [2.45, 2.75) is 13.0 Å². The van der Waals surface area contributed by atoms with Crippen molar-refractivity contribution >= 4 is 16.8 Å². The fourth-order valence-corrected chi connectivity index (χ4v) is 4.21. The third-order valence-electron chi connectivity index (χ3n) is 5.88. The number of nitrogens with zero attached hydrogens (tertiary/aromatic N) is 2. The number of hydrogen-bond donors (Lipinski definition) is 1. The van der Waals surface area contributed by atoms with Gasteiger partial charge in [0.05, 0.1) is 44.6 Å². The average Bonchev–Trinajstić information content (AvgIpc) is 2.83. The third kappa shape index (κ3) is 5.07. The molecule has 2 heterocycles. The molecule has 0 saturated carbocycles. The van der Waals surface area contributed by atoms with E-state index >= 15 is 0 Å². The number of ether oxygens (including phenoxy) is 3. The second-order valence-electron chi connectivity index (χ2n) is 7.96. The number of rotatable bonds is 7. The molecule has 174 valence electrons. The molecule has 1 amide bonds. The monoisotopic (exact) mass is 453 g/mol. The summed E-state index contributed by atoms with van der Waals surface area (Å²) in [5.41, 5.74) is 2.60. The summed E-state index contributed by atoms with van der Waals surface area (Å²) in [7, 11) is 3.21. The van der Waals surface area contributed by atoms with E-state index in [1.807, 2.05) is 18.2 Å². The maximum atomic E-state index is 13.7. The molecule has 1 aromatic heterocycles. The predicted molar refractivity (Wildman–Crippen MR) is 123 cm³/mol. The van der Waals surface area contributed by atoms with E-state index in [1.54, 1.807) is 33.3 Å². The van der Waals surface area contributed by atoms with Gasteiger partial charge in [-0.25, -0.2) is 4.39 Å². The van der Waals surface area contributed by atoms with E-state index in [0.717, 1.165) is 18.7 Å². The van der Waals surface area contributed by atoms with Gasteiger partial charge in [0, 0.05) is 36.8 Å². The zero-order chi connectivity index (χ0) is 23.4. The second kappa shape index (κ2) is 10.1. The smallest absolute Gasteiger partial charge is 0.252 e. The van der Waals surface area contributed by atoms with E-state index in [-0.39, 0.29) is 17.8 Å². The summed E-state index contributed by atoms with van der Waals surface area (Å²) in [6.45, 7) is 4.96. The minimum Gasteiger partial charge on any atom is -0.493 e. The molecular weight excluding hydrogens is 425 g/mol. The van der Waals surface area contributed by atoms with Crippen molar-refractivity contribution < 1.29 is 23.4 Å². The summed E-state index contributed by atoms with van der Waals surface area (Å²) in [5, 5.41) is 3.70. The van der Waals surface area contributed by atoms with Crippen LogP contribution in [-0.2, 0) is 4.74 Å². The van der Waals surface area contributed by atoms with Crippen LogP contribution in [0.2, 0.25) is 0 Å². The van der Waals surface area contributed by atoms with Gasteiger partial charge in [0.25, 0.3) is 5.91 Å². The number of fused-ring (bicyclic) bond motifs is 1. The lowest BCUT2D eigenvalue weighted by molar-refractivity contribution is 0.0162. The Morgan fingerprint density at radius 2 is 1.88 bits per heavy atom. The number of pyridine rings is 1. The molecule has 0 bridgehead atoms. The molecule has 1 aliphatic rings. The van der Waals surface area contributed by atoms with Gasteiger partial charge in [0.2, 0.25) is 0 Å². The third-order valence-corrected chi connectivity index (χ3v) is 5.88. The molecule has 1 fully saturated rings. The van der Waals surface area contributed by atoms with Gasteiger partial charge in [-0.15, -0.1) is 0 Å². The molecule has 7 nitrogen and oxygen atoms in total. The largest absolute Gasteiger partial charge is 0.493 e. The normalized spacial score (nSPS) is 15.3. The highest BCUT2D eigenvalue weighted by Crippen LogP contribution is 2.32. The number of amides is 1. The maximum absolute atomic E-state index is 13.7. The number of halogens is 1. The van der Waals surface area contributed by atoms with Crippen LogP contribution in [-0.4, -0.2) is 62.9 Å². The summed E-state index contributed by atoms with van der Waals surface area (Å²) >= 11 is 0. The number of nitrogens with one attached hydrogen (secondary N) is 1. The minimum atomic E-state index is -0.382. The van der Waals surface area contributed by atoms with Crippen molar-refractivity contribution in [2.24, 2.45) is 0 Å². The van der Waals surface area contributed by atoms with E-state index in [1.165, 1.54) is 12.1 Å². The van der Waals surface area contributed by atoms with Crippen LogP contribution in [0.1, 0.15) is 27.7 Å². The molecule has 1 unspecified atom stereocenters. The Hall–Kier alpha value is -3.23. The van der Waals surface area contributed by atoms with Crippen molar-refractivity contribution in [2.75, 3.05) is 47.1 Å². The molecule has 8 heteroatoms. The maximum Gasteiger partial charge on any atom is 0.252 e. The number of carbonyl (C=O) groups excluding carboxylic acids is 1. The Kier molecular flexibility index (Phi) is 7.05. The van der Waals surface area contributed by atoms with Crippen molar-refractivity contribution in [3.05, 3.63) is 65.1 Å². The SMILES string of the molecule is COc1ccc(C(CNC(=O)c2cc(C)nc3cc(F)ccc23)N2CCOCC2)cc1OC. The minimum absolute atomic E-state index is 0.0794. The Morgan fingerprint density at radius 1 is 1.12 bits per heavy atom. The Labute approximate surface area is 192 Å². The van der Waals surface area contributed by atoms with E-state index in [0.29, 0.717) is 53.4 Å². The molecule has 33 heavy (non-hydrogen) atoms. The van der Waals surface area contributed by atoms with E-state index < -0.39 is 0 Å². The van der Waals surface area contributed by atoms with Gasteiger partial charge >= 0.3 is 0 Å². The standard InChI is InChI=1S/C25H28FN3O4/c1-16-12-20(19-6-5-18(26)14-21(19)28-16)25(30)27-15-22(29-8-10-33-11-9-29)17-4-7-23(31-2)24(13-17)32-3/h4-7,12-14,22H,8-11,15H2,1-3H3,(H,27,30). The number of aryl methyl sites for hydroxylation is 1. The Bertz CT molecular complexity index is 1140. The molecule has 1 N–H and O–H groups in total. The number of morpholine rings is 1. The molecule has 0 radical (unpaired) electrons. The van der Waals surface area contributed by atoms with Gasteiger partial charge in [-0.05, 0) is 42.8 Å². The first-order valence-corrected chi connectivity index (χ1v) is 10.9. The van der Waals surface area contributed by atoms with Crippen LogP contribution >= 0.6 is 0 Å². The first kappa shape index (κ1) is 22.9. The highest BCUT2D eigenvalue weighted by molar-refractivity contribution is 6.06. The van der Waals surface area contributed by atoms with Crippen LogP contribution in [0, 0.1) is 12.7 Å². The molecule has 0 spiro atoms. The second-order valence-corrected chi connectivity index (χ2v) is 7.96. The van der Waals surface area contributed by atoms with Gasteiger partial charge in [-0.2, -0.15) is 0 Å². The number of methoxy groups -OCH3 is 2. The topological polar surface area (TPSA) is 72.9 Å². The summed E-state index contributed by atoms with van der Waals surface area (Å²) in [6, 6.07) is 11.7. The summed E-state index contributed by atoms with van der Waals surface area (Å²) in [4.78, 5) is 19.9. The van der Waals surface area contributed by atoms with Crippen LogP contribution in [0.15, 0.2) is 42.5 Å². The number of hydrogen-bond acceptors (Lipinski definition) is 6. The van der Waals surface area contributed by atoms with Crippen LogP contribution in [0.3, 0.4) is 0 Å². The van der Waals surface area contributed by atoms with Crippen molar-refractivity contribution in [1.82, 2.24) is 15.2 Å².